The van der Waals surface area contributed by atoms with E-state index in [1.54, 1.807) is 34.0 Å². The van der Waals surface area contributed by atoms with Crippen molar-refractivity contribution in [2.45, 2.75) is 70.7 Å². The van der Waals surface area contributed by atoms with Crippen molar-refractivity contribution < 1.29 is 33.7 Å². The largest absolute Gasteiger partial charge is 0.478 e. The molecule has 1 aliphatic heterocycles. The molecule has 2 amide bonds. The minimum absolute atomic E-state index is 0.0907. The molecule has 1 aliphatic carbocycles. The summed E-state index contributed by atoms with van der Waals surface area (Å²) in [5.74, 6) is -0.993. The number of carboxylic acid groups (broad SMARTS) is 1. The fourth-order valence-corrected chi connectivity index (χ4v) is 4.39. The van der Waals surface area contributed by atoms with Gasteiger partial charge in [-0.25, -0.2) is 9.59 Å². The molecule has 10 heteroatoms. The monoisotopic (exact) mass is 469 g/mol. The van der Waals surface area contributed by atoms with E-state index in [1.165, 1.54) is 6.92 Å². The zero-order valence-electron chi connectivity index (χ0n) is 20.4. The quantitative estimate of drug-likeness (QED) is 0.434. The number of likely N-dealkylation sites (tertiary alicyclic amines) is 1. The van der Waals surface area contributed by atoms with E-state index in [-0.39, 0.29) is 29.9 Å². The molecule has 3 N–H and O–H groups in total. The molecule has 4 atom stereocenters. The number of carbonyl (C=O) groups is 3. The van der Waals surface area contributed by atoms with Gasteiger partial charge in [0.05, 0.1) is 37.9 Å². The Balaban J connectivity index is 2.22. The summed E-state index contributed by atoms with van der Waals surface area (Å²) in [5, 5.41) is 15.5. The van der Waals surface area contributed by atoms with Crippen molar-refractivity contribution in [3.05, 3.63) is 11.6 Å². The van der Waals surface area contributed by atoms with Crippen LogP contribution in [0.25, 0.3) is 0 Å². The summed E-state index contributed by atoms with van der Waals surface area (Å²) in [4.78, 5) is 38.6. The number of piperidine rings is 1. The maximum atomic E-state index is 12.5. The third-order valence-electron chi connectivity index (χ3n) is 5.72. The average Bonchev–Trinajstić information content (AvgIpc) is 2.70. The van der Waals surface area contributed by atoms with Crippen molar-refractivity contribution in [2.24, 2.45) is 5.92 Å². The maximum absolute atomic E-state index is 12.5. The van der Waals surface area contributed by atoms with Gasteiger partial charge in [0, 0.05) is 32.6 Å². The summed E-state index contributed by atoms with van der Waals surface area (Å²) in [7, 11) is 1.63. The molecular formula is C23H39N3O7. The first kappa shape index (κ1) is 27.1. The number of methoxy groups -OCH3 is 1. The highest BCUT2D eigenvalue weighted by atomic mass is 16.6. The van der Waals surface area contributed by atoms with Crippen LogP contribution in [0.15, 0.2) is 11.6 Å². The number of carboxylic acids is 1. The molecule has 0 aromatic rings. The second-order valence-electron chi connectivity index (χ2n) is 9.74. The number of rotatable bonds is 9. The summed E-state index contributed by atoms with van der Waals surface area (Å²) in [5.41, 5.74) is -0.489. The van der Waals surface area contributed by atoms with E-state index in [0.717, 1.165) is 19.4 Å². The maximum Gasteiger partial charge on any atom is 0.407 e. The van der Waals surface area contributed by atoms with Gasteiger partial charge >= 0.3 is 12.1 Å². The number of ether oxygens (including phenoxy) is 3. The lowest BCUT2D eigenvalue weighted by Gasteiger charge is -2.45. The first-order chi connectivity index (χ1) is 15.5. The van der Waals surface area contributed by atoms with Gasteiger partial charge in [-0.1, -0.05) is 6.08 Å². The van der Waals surface area contributed by atoms with E-state index < -0.39 is 29.7 Å². The van der Waals surface area contributed by atoms with Crippen LogP contribution in [0.5, 0.6) is 0 Å². The van der Waals surface area contributed by atoms with Gasteiger partial charge in [0.1, 0.15) is 5.60 Å². The summed E-state index contributed by atoms with van der Waals surface area (Å²) in [6.45, 7) is 9.80. The highest BCUT2D eigenvalue weighted by Gasteiger charge is 2.41. The van der Waals surface area contributed by atoms with Crippen LogP contribution in [-0.4, -0.2) is 91.7 Å². The number of hydrogen-bond acceptors (Lipinski definition) is 7. The van der Waals surface area contributed by atoms with E-state index in [2.05, 4.69) is 15.5 Å². The Morgan fingerprint density at radius 3 is 2.55 bits per heavy atom. The molecule has 0 bridgehead atoms. The summed E-state index contributed by atoms with van der Waals surface area (Å²) >= 11 is 0. The number of nitrogens with one attached hydrogen (secondary N) is 2. The number of alkyl carbamates (subject to hydrolysis) is 1. The van der Waals surface area contributed by atoms with E-state index in [1.807, 2.05) is 0 Å². The van der Waals surface area contributed by atoms with Gasteiger partial charge in [0.15, 0.2) is 0 Å². The average molecular weight is 470 g/mol. The number of carbonyl (C=O) groups excluding carboxylic acids is 2. The number of nitrogens with zero attached hydrogens (tertiary/aromatic N) is 1. The summed E-state index contributed by atoms with van der Waals surface area (Å²) in [6, 6.07) is -1.50. The van der Waals surface area contributed by atoms with Crippen molar-refractivity contribution >= 4 is 18.0 Å². The first-order valence-electron chi connectivity index (χ1n) is 11.5. The molecule has 10 nitrogen and oxygen atoms in total. The van der Waals surface area contributed by atoms with Crippen molar-refractivity contribution in [1.29, 1.82) is 0 Å². The Hall–Kier alpha value is -2.17. The molecule has 1 fully saturated rings. The van der Waals surface area contributed by atoms with E-state index in [9.17, 15) is 19.5 Å². The predicted molar refractivity (Wildman–Crippen MR) is 122 cm³/mol. The molecule has 2 rings (SSSR count). The van der Waals surface area contributed by atoms with Gasteiger partial charge in [-0.3, -0.25) is 9.69 Å². The smallest absolute Gasteiger partial charge is 0.407 e. The van der Waals surface area contributed by atoms with Crippen molar-refractivity contribution in [2.75, 3.05) is 40.0 Å². The van der Waals surface area contributed by atoms with E-state index in [4.69, 9.17) is 14.2 Å². The third-order valence-corrected chi connectivity index (χ3v) is 5.72. The van der Waals surface area contributed by atoms with Crippen LogP contribution in [0.2, 0.25) is 0 Å². The molecule has 0 aromatic heterocycles. The molecule has 0 unspecified atom stereocenters. The number of aliphatic carboxylic acids is 1. The molecule has 0 saturated carbocycles. The van der Waals surface area contributed by atoms with E-state index in [0.29, 0.717) is 26.4 Å². The standard InChI is InChI=1S/C23H39N3O7/c1-15(27)24-20-18(25-22(30)33-23(2,3)4)11-17(21(28)29)12-19(20)26-8-6-7-16(13-26)14-32-10-9-31-5/h12,16,18-20H,6-11,13-14H2,1-5H3,(H,24,27)(H,25,30)(H,28,29)/t16-,18-,19+,20+/m0/s1. The molecule has 188 valence electrons. The molecule has 1 saturated heterocycles. The first-order valence-corrected chi connectivity index (χ1v) is 11.5. The van der Waals surface area contributed by atoms with Crippen LogP contribution in [0.4, 0.5) is 4.79 Å². The van der Waals surface area contributed by atoms with Crippen molar-refractivity contribution in [3.8, 4) is 0 Å². The molecule has 1 heterocycles. The minimum Gasteiger partial charge on any atom is -0.478 e. The fraction of sp³-hybridized carbons (Fsp3) is 0.783. The Kier molecular flexibility index (Phi) is 10.1. The lowest BCUT2D eigenvalue weighted by Crippen LogP contribution is -2.64. The molecule has 0 radical (unpaired) electrons. The zero-order valence-corrected chi connectivity index (χ0v) is 20.4. The highest BCUT2D eigenvalue weighted by Crippen LogP contribution is 2.28. The molecule has 0 spiro atoms. The zero-order chi connectivity index (χ0) is 24.6. The van der Waals surface area contributed by atoms with Crippen molar-refractivity contribution in [1.82, 2.24) is 15.5 Å². The minimum atomic E-state index is -1.03. The Bertz CT molecular complexity index is 719. The molecule has 2 aliphatic rings. The molecule has 0 aromatic carbocycles. The SMILES string of the molecule is COCCOC[C@H]1CCCN([C@@H]2C=C(C(=O)O)C[C@H](NC(=O)OC(C)(C)C)[C@H]2NC(C)=O)C1. The lowest BCUT2D eigenvalue weighted by atomic mass is 9.84. The van der Waals surface area contributed by atoms with Gasteiger partial charge in [-0.2, -0.15) is 0 Å². The number of hydrogen-bond donors (Lipinski definition) is 3. The Morgan fingerprint density at radius 1 is 1.21 bits per heavy atom. The van der Waals surface area contributed by atoms with Crippen LogP contribution >= 0.6 is 0 Å². The summed E-state index contributed by atoms with van der Waals surface area (Å²) in [6.07, 6.45) is 3.10. The predicted octanol–water partition coefficient (Wildman–Crippen LogP) is 1.54. The van der Waals surface area contributed by atoms with E-state index >= 15 is 0 Å². The molecular weight excluding hydrogens is 430 g/mol. The van der Waals surface area contributed by atoms with Crippen LogP contribution in [0, 0.1) is 5.92 Å². The van der Waals surface area contributed by atoms with Crippen LogP contribution in [0.1, 0.15) is 47.0 Å². The van der Waals surface area contributed by atoms with Gasteiger partial charge in [-0.15, -0.1) is 0 Å². The fourth-order valence-electron chi connectivity index (χ4n) is 4.39. The lowest BCUT2D eigenvalue weighted by molar-refractivity contribution is -0.133. The summed E-state index contributed by atoms with van der Waals surface area (Å²) < 4.78 is 16.1. The van der Waals surface area contributed by atoms with Crippen LogP contribution in [-0.2, 0) is 23.8 Å². The van der Waals surface area contributed by atoms with Gasteiger partial charge < -0.3 is 30.0 Å². The topological polar surface area (TPSA) is 126 Å². The third kappa shape index (κ3) is 8.94. The van der Waals surface area contributed by atoms with Crippen LogP contribution in [0.3, 0.4) is 0 Å². The number of amides is 2. The Morgan fingerprint density at radius 2 is 1.94 bits per heavy atom. The second-order valence-corrected chi connectivity index (χ2v) is 9.74. The second kappa shape index (κ2) is 12.3. The van der Waals surface area contributed by atoms with Crippen molar-refractivity contribution in [3.63, 3.8) is 0 Å². The van der Waals surface area contributed by atoms with Gasteiger partial charge in [0.25, 0.3) is 0 Å². The van der Waals surface area contributed by atoms with Gasteiger partial charge in [0.2, 0.25) is 5.91 Å². The van der Waals surface area contributed by atoms with Crippen LogP contribution < -0.4 is 10.6 Å². The molecule has 33 heavy (non-hydrogen) atoms. The normalized spacial score (nSPS) is 26.3. The highest BCUT2D eigenvalue weighted by molar-refractivity contribution is 5.87. The Labute approximate surface area is 196 Å². The van der Waals surface area contributed by atoms with Gasteiger partial charge in [-0.05, 0) is 46.1 Å².